The van der Waals surface area contributed by atoms with Crippen molar-refractivity contribution < 1.29 is 10.2 Å². The van der Waals surface area contributed by atoms with E-state index in [-0.39, 0.29) is 5.92 Å². The van der Waals surface area contributed by atoms with Crippen molar-refractivity contribution in [2.75, 3.05) is 0 Å². The maximum absolute atomic E-state index is 9.85. The molecule has 2 N–H and O–H groups in total. The zero-order chi connectivity index (χ0) is 10.2. The zero-order valence-electron chi connectivity index (χ0n) is 8.35. The van der Waals surface area contributed by atoms with Crippen LogP contribution in [-0.4, -0.2) is 15.8 Å². The second-order valence-corrected chi connectivity index (χ2v) is 4.42. The minimum Gasteiger partial charge on any atom is -0.390 e. The Bertz CT molecular complexity index is 305. The molecule has 1 aliphatic rings. The van der Waals surface area contributed by atoms with Crippen LogP contribution >= 0.6 is 0 Å². The maximum Gasteiger partial charge on any atom is 0.0793 e. The molecular formula is C12H16O2. The largest absolute Gasteiger partial charge is 0.390 e. The SMILES string of the molecule is C[C@]1(O)C[C@@H]1C[C@@H](O)c1ccccc1. The lowest BCUT2D eigenvalue weighted by molar-refractivity contribution is 0.114. The third kappa shape index (κ3) is 1.97. The fourth-order valence-electron chi connectivity index (χ4n) is 1.86. The summed E-state index contributed by atoms with van der Waals surface area (Å²) in [6.07, 6.45) is 1.05. The fraction of sp³-hybridized carbons (Fsp3) is 0.500. The van der Waals surface area contributed by atoms with Crippen LogP contribution in [0.3, 0.4) is 0 Å². The Kier molecular flexibility index (Phi) is 2.33. The Hall–Kier alpha value is -0.860. The van der Waals surface area contributed by atoms with Crippen molar-refractivity contribution in [3.63, 3.8) is 0 Å². The van der Waals surface area contributed by atoms with Crippen LogP contribution in [0.4, 0.5) is 0 Å². The van der Waals surface area contributed by atoms with Gasteiger partial charge in [-0.1, -0.05) is 30.3 Å². The third-order valence-corrected chi connectivity index (χ3v) is 3.07. The average molecular weight is 192 g/mol. The summed E-state index contributed by atoms with van der Waals surface area (Å²) in [6, 6.07) is 9.61. The second kappa shape index (κ2) is 3.37. The first-order valence-electron chi connectivity index (χ1n) is 5.05. The van der Waals surface area contributed by atoms with Gasteiger partial charge in [0.25, 0.3) is 0 Å². The molecule has 0 spiro atoms. The van der Waals surface area contributed by atoms with Crippen molar-refractivity contribution in [3.8, 4) is 0 Å². The molecule has 0 saturated heterocycles. The molecule has 0 unspecified atom stereocenters. The number of aliphatic hydroxyl groups excluding tert-OH is 1. The van der Waals surface area contributed by atoms with Gasteiger partial charge in [0, 0.05) is 0 Å². The standard InChI is InChI=1S/C12H16O2/c1-12(14)8-10(12)7-11(13)9-5-3-2-4-6-9/h2-6,10-11,13-14H,7-8H2,1H3/t10-,11+,12-/m0/s1. The molecule has 0 aliphatic heterocycles. The zero-order valence-corrected chi connectivity index (χ0v) is 8.35. The van der Waals surface area contributed by atoms with Crippen molar-refractivity contribution >= 4 is 0 Å². The van der Waals surface area contributed by atoms with E-state index in [4.69, 9.17) is 0 Å². The first kappa shape index (κ1) is 9.69. The maximum atomic E-state index is 9.85. The molecule has 0 amide bonds. The molecule has 1 aromatic carbocycles. The molecule has 0 radical (unpaired) electrons. The number of benzene rings is 1. The van der Waals surface area contributed by atoms with Crippen LogP contribution in [0.25, 0.3) is 0 Å². The Morgan fingerprint density at radius 3 is 2.50 bits per heavy atom. The minimum atomic E-state index is -0.532. The van der Waals surface area contributed by atoms with E-state index in [1.807, 2.05) is 37.3 Å². The Labute approximate surface area is 84.2 Å². The lowest BCUT2D eigenvalue weighted by Gasteiger charge is -2.11. The molecule has 2 rings (SSSR count). The molecule has 2 nitrogen and oxygen atoms in total. The van der Waals surface area contributed by atoms with Gasteiger partial charge in [0.1, 0.15) is 0 Å². The molecule has 1 aliphatic carbocycles. The van der Waals surface area contributed by atoms with Crippen LogP contribution in [-0.2, 0) is 0 Å². The molecule has 1 saturated carbocycles. The van der Waals surface area contributed by atoms with E-state index >= 15 is 0 Å². The van der Waals surface area contributed by atoms with E-state index < -0.39 is 11.7 Å². The summed E-state index contributed by atoms with van der Waals surface area (Å²) in [4.78, 5) is 0. The first-order chi connectivity index (χ1) is 6.59. The molecule has 76 valence electrons. The monoisotopic (exact) mass is 192 g/mol. The minimum absolute atomic E-state index is 0.262. The smallest absolute Gasteiger partial charge is 0.0793 e. The van der Waals surface area contributed by atoms with Crippen molar-refractivity contribution in [2.45, 2.75) is 31.5 Å². The summed E-state index contributed by atoms with van der Waals surface area (Å²) < 4.78 is 0. The third-order valence-electron chi connectivity index (χ3n) is 3.07. The average Bonchev–Trinajstić information content (AvgIpc) is 2.75. The van der Waals surface area contributed by atoms with Crippen LogP contribution < -0.4 is 0 Å². The van der Waals surface area contributed by atoms with Crippen molar-refractivity contribution in [2.24, 2.45) is 5.92 Å². The van der Waals surface area contributed by atoms with Crippen LogP contribution in [0.2, 0.25) is 0 Å². The molecule has 1 fully saturated rings. The van der Waals surface area contributed by atoms with Crippen LogP contribution in [0, 0.1) is 5.92 Å². The molecule has 0 aromatic heterocycles. The quantitative estimate of drug-likeness (QED) is 0.767. The highest BCUT2D eigenvalue weighted by Gasteiger charge is 2.48. The molecular weight excluding hydrogens is 176 g/mol. The summed E-state index contributed by atoms with van der Waals surface area (Å²) in [7, 11) is 0. The summed E-state index contributed by atoms with van der Waals surface area (Å²) in [6.45, 7) is 1.83. The van der Waals surface area contributed by atoms with Crippen LogP contribution in [0.15, 0.2) is 30.3 Å². The van der Waals surface area contributed by atoms with Crippen molar-refractivity contribution in [1.82, 2.24) is 0 Å². The lowest BCUT2D eigenvalue weighted by Crippen LogP contribution is -2.07. The summed E-state index contributed by atoms with van der Waals surface area (Å²) in [5, 5.41) is 19.4. The van der Waals surface area contributed by atoms with Gasteiger partial charge in [-0.3, -0.25) is 0 Å². The van der Waals surface area contributed by atoms with E-state index in [1.54, 1.807) is 0 Å². The Morgan fingerprint density at radius 2 is 2.00 bits per heavy atom. The molecule has 1 aromatic rings. The highest BCUT2D eigenvalue weighted by molar-refractivity contribution is 5.18. The Balaban J connectivity index is 1.94. The van der Waals surface area contributed by atoms with Crippen molar-refractivity contribution in [1.29, 1.82) is 0 Å². The predicted octanol–water partition coefficient (Wildman–Crippen LogP) is 1.88. The number of hydrogen-bond acceptors (Lipinski definition) is 2. The van der Waals surface area contributed by atoms with Gasteiger partial charge in [-0.05, 0) is 31.2 Å². The van der Waals surface area contributed by atoms with Crippen LogP contribution in [0.1, 0.15) is 31.4 Å². The summed E-state index contributed by atoms with van der Waals surface area (Å²) in [5.41, 5.74) is 0.408. The highest BCUT2D eigenvalue weighted by atomic mass is 16.3. The van der Waals surface area contributed by atoms with Gasteiger partial charge in [-0.25, -0.2) is 0 Å². The van der Waals surface area contributed by atoms with Crippen molar-refractivity contribution in [3.05, 3.63) is 35.9 Å². The first-order valence-corrected chi connectivity index (χ1v) is 5.05. The number of aliphatic hydroxyl groups is 2. The highest BCUT2D eigenvalue weighted by Crippen LogP contribution is 2.47. The van der Waals surface area contributed by atoms with Gasteiger partial charge < -0.3 is 10.2 Å². The van der Waals surface area contributed by atoms with Gasteiger partial charge in [0.05, 0.1) is 11.7 Å². The number of hydrogen-bond donors (Lipinski definition) is 2. The second-order valence-electron chi connectivity index (χ2n) is 4.42. The molecule has 3 atom stereocenters. The normalized spacial score (nSPS) is 32.6. The number of rotatable bonds is 3. The van der Waals surface area contributed by atoms with E-state index in [0.29, 0.717) is 6.42 Å². The predicted molar refractivity (Wildman–Crippen MR) is 54.7 cm³/mol. The summed E-state index contributed by atoms with van der Waals surface area (Å²) in [5.74, 6) is 0.262. The van der Waals surface area contributed by atoms with E-state index in [2.05, 4.69) is 0 Å². The van der Waals surface area contributed by atoms with Gasteiger partial charge in [0.2, 0.25) is 0 Å². The van der Waals surface area contributed by atoms with Gasteiger partial charge in [0.15, 0.2) is 0 Å². The van der Waals surface area contributed by atoms with Gasteiger partial charge in [-0.2, -0.15) is 0 Å². The molecule has 14 heavy (non-hydrogen) atoms. The summed E-state index contributed by atoms with van der Waals surface area (Å²) >= 11 is 0. The molecule has 0 heterocycles. The topological polar surface area (TPSA) is 40.5 Å². The van der Waals surface area contributed by atoms with Crippen LogP contribution in [0.5, 0.6) is 0 Å². The van der Waals surface area contributed by atoms with E-state index in [1.165, 1.54) is 0 Å². The fourth-order valence-corrected chi connectivity index (χ4v) is 1.86. The van der Waals surface area contributed by atoms with Gasteiger partial charge in [-0.15, -0.1) is 0 Å². The van der Waals surface area contributed by atoms with E-state index in [9.17, 15) is 10.2 Å². The van der Waals surface area contributed by atoms with E-state index in [0.717, 1.165) is 12.0 Å². The lowest BCUT2D eigenvalue weighted by atomic mass is 10.0. The van der Waals surface area contributed by atoms with Gasteiger partial charge >= 0.3 is 0 Å². The Morgan fingerprint density at radius 1 is 1.43 bits per heavy atom. The molecule has 0 bridgehead atoms. The molecule has 2 heteroatoms.